The van der Waals surface area contributed by atoms with Crippen molar-refractivity contribution in [3.05, 3.63) is 34.9 Å². The lowest BCUT2D eigenvalue weighted by molar-refractivity contribution is -0.136. The van der Waals surface area contributed by atoms with Gasteiger partial charge in [-0.15, -0.1) is 0 Å². The van der Waals surface area contributed by atoms with Gasteiger partial charge in [0.25, 0.3) is 6.43 Å². The summed E-state index contributed by atoms with van der Waals surface area (Å²) in [5.41, 5.74) is 0.402. The second-order valence-electron chi connectivity index (χ2n) is 3.78. The molecular formula is C12H12F2O3. The number of carbonyl (C=O) groups is 2. The number of halogens is 2. The van der Waals surface area contributed by atoms with Gasteiger partial charge in [-0.05, 0) is 18.1 Å². The molecular weight excluding hydrogens is 230 g/mol. The monoisotopic (exact) mass is 242 g/mol. The predicted molar refractivity (Wildman–Crippen MR) is 57.1 cm³/mol. The molecule has 0 aliphatic rings. The van der Waals surface area contributed by atoms with E-state index in [4.69, 9.17) is 5.11 Å². The zero-order valence-corrected chi connectivity index (χ0v) is 9.24. The molecule has 0 aliphatic carbocycles. The quantitative estimate of drug-likeness (QED) is 0.862. The highest BCUT2D eigenvalue weighted by Crippen LogP contribution is 2.24. The summed E-state index contributed by atoms with van der Waals surface area (Å²) in [6.45, 7) is 1.30. The number of carboxylic acids is 1. The number of aliphatic carboxylic acids is 1. The van der Waals surface area contributed by atoms with Gasteiger partial charge in [0.05, 0.1) is 6.42 Å². The Morgan fingerprint density at radius 2 is 1.94 bits per heavy atom. The molecule has 0 saturated carbocycles. The Labute approximate surface area is 97.1 Å². The normalized spacial score (nSPS) is 10.6. The van der Waals surface area contributed by atoms with Crippen LogP contribution >= 0.6 is 0 Å². The molecule has 0 saturated heterocycles. The molecule has 0 heterocycles. The van der Waals surface area contributed by atoms with Gasteiger partial charge in [-0.1, -0.05) is 18.2 Å². The number of ketones is 1. The minimum atomic E-state index is -2.66. The van der Waals surface area contributed by atoms with Crippen molar-refractivity contribution in [1.82, 2.24) is 0 Å². The van der Waals surface area contributed by atoms with Crippen LogP contribution in [-0.4, -0.2) is 16.9 Å². The van der Waals surface area contributed by atoms with Gasteiger partial charge in [-0.25, -0.2) is 8.78 Å². The summed E-state index contributed by atoms with van der Waals surface area (Å²) in [6.07, 6.45) is -3.01. The second-order valence-corrected chi connectivity index (χ2v) is 3.78. The van der Waals surface area contributed by atoms with Crippen LogP contribution in [0.2, 0.25) is 0 Å². The van der Waals surface area contributed by atoms with Crippen LogP contribution in [0.25, 0.3) is 0 Å². The smallest absolute Gasteiger partial charge is 0.307 e. The van der Waals surface area contributed by atoms with Crippen LogP contribution < -0.4 is 0 Å². The lowest BCUT2D eigenvalue weighted by atomic mass is 9.98. The average Bonchev–Trinajstić information content (AvgIpc) is 2.15. The summed E-state index contributed by atoms with van der Waals surface area (Å²) >= 11 is 0. The fourth-order valence-electron chi connectivity index (χ4n) is 1.58. The molecule has 0 atom stereocenters. The minimum absolute atomic E-state index is 0.104. The van der Waals surface area contributed by atoms with Crippen molar-refractivity contribution in [2.24, 2.45) is 0 Å². The first kappa shape index (κ1) is 13.3. The van der Waals surface area contributed by atoms with Crippen LogP contribution in [0.1, 0.15) is 30.0 Å². The third-order valence-electron chi connectivity index (χ3n) is 2.24. The second kappa shape index (κ2) is 5.52. The number of benzene rings is 1. The number of hydrogen-bond donors (Lipinski definition) is 1. The zero-order valence-electron chi connectivity index (χ0n) is 9.24. The van der Waals surface area contributed by atoms with Crippen molar-refractivity contribution in [1.29, 1.82) is 0 Å². The molecule has 1 N–H and O–H groups in total. The number of carbonyl (C=O) groups excluding carboxylic acids is 1. The van der Waals surface area contributed by atoms with E-state index in [1.807, 2.05) is 0 Å². The summed E-state index contributed by atoms with van der Waals surface area (Å²) in [5.74, 6) is -1.28. The van der Waals surface area contributed by atoms with Crippen LogP contribution in [0.5, 0.6) is 0 Å². The number of alkyl halides is 2. The van der Waals surface area contributed by atoms with Crippen LogP contribution in [0.3, 0.4) is 0 Å². The highest BCUT2D eigenvalue weighted by atomic mass is 19.3. The van der Waals surface area contributed by atoms with Crippen LogP contribution in [-0.2, 0) is 22.4 Å². The van der Waals surface area contributed by atoms with Crippen LogP contribution in [0, 0.1) is 0 Å². The van der Waals surface area contributed by atoms with Crippen molar-refractivity contribution >= 4 is 11.8 Å². The van der Waals surface area contributed by atoms with E-state index in [0.717, 1.165) is 0 Å². The molecule has 0 spiro atoms. The van der Waals surface area contributed by atoms with Gasteiger partial charge in [-0.3, -0.25) is 9.59 Å². The van der Waals surface area contributed by atoms with E-state index in [9.17, 15) is 18.4 Å². The largest absolute Gasteiger partial charge is 0.481 e. The zero-order chi connectivity index (χ0) is 13.0. The van der Waals surface area contributed by atoms with Crippen molar-refractivity contribution < 1.29 is 23.5 Å². The standard InChI is InChI=1S/C12H12F2O3/c1-7(15)4-9-5-8(6-11(16)17)2-3-10(9)12(13)14/h2-3,5,12H,4,6H2,1H3,(H,16,17). The van der Waals surface area contributed by atoms with Gasteiger partial charge in [-0.2, -0.15) is 0 Å². The highest BCUT2D eigenvalue weighted by molar-refractivity contribution is 5.79. The summed E-state index contributed by atoms with van der Waals surface area (Å²) in [7, 11) is 0. The predicted octanol–water partition coefficient (Wildman–Crippen LogP) is 2.38. The number of hydrogen-bond acceptors (Lipinski definition) is 2. The molecule has 0 unspecified atom stereocenters. The topological polar surface area (TPSA) is 54.4 Å². The fourth-order valence-corrected chi connectivity index (χ4v) is 1.58. The van der Waals surface area contributed by atoms with Crippen LogP contribution in [0.15, 0.2) is 18.2 Å². The first-order valence-corrected chi connectivity index (χ1v) is 5.01. The highest BCUT2D eigenvalue weighted by Gasteiger charge is 2.15. The Morgan fingerprint density at radius 3 is 2.41 bits per heavy atom. The lowest BCUT2D eigenvalue weighted by Crippen LogP contribution is -2.05. The molecule has 1 aromatic carbocycles. The molecule has 1 rings (SSSR count). The Kier molecular flexibility index (Phi) is 4.31. The first-order chi connectivity index (χ1) is 7.90. The van der Waals surface area contributed by atoms with Crippen LogP contribution in [0.4, 0.5) is 8.78 Å². The van der Waals surface area contributed by atoms with E-state index >= 15 is 0 Å². The van der Waals surface area contributed by atoms with Gasteiger partial charge >= 0.3 is 5.97 Å². The third kappa shape index (κ3) is 3.94. The lowest BCUT2D eigenvalue weighted by Gasteiger charge is -2.09. The number of carboxylic acid groups (broad SMARTS) is 1. The summed E-state index contributed by atoms with van der Waals surface area (Å²) in [6, 6.07) is 3.89. The first-order valence-electron chi connectivity index (χ1n) is 5.01. The average molecular weight is 242 g/mol. The molecule has 1 aromatic rings. The van der Waals surface area contributed by atoms with Gasteiger partial charge in [0, 0.05) is 12.0 Å². The van der Waals surface area contributed by atoms with Gasteiger partial charge in [0.2, 0.25) is 0 Å². The Morgan fingerprint density at radius 1 is 1.29 bits per heavy atom. The van der Waals surface area contributed by atoms with Crippen molar-refractivity contribution in [3.63, 3.8) is 0 Å². The molecule has 3 nitrogen and oxygen atoms in total. The van der Waals surface area contributed by atoms with Crippen molar-refractivity contribution in [2.75, 3.05) is 0 Å². The summed E-state index contributed by atoms with van der Waals surface area (Å²) < 4.78 is 25.3. The third-order valence-corrected chi connectivity index (χ3v) is 2.24. The fraction of sp³-hybridized carbons (Fsp3) is 0.333. The Bertz CT molecular complexity index is 441. The Hall–Kier alpha value is -1.78. The van der Waals surface area contributed by atoms with Crippen molar-refractivity contribution in [3.8, 4) is 0 Å². The number of rotatable bonds is 5. The molecule has 0 aromatic heterocycles. The van der Waals surface area contributed by atoms with E-state index in [1.54, 1.807) is 0 Å². The molecule has 0 amide bonds. The maximum Gasteiger partial charge on any atom is 0.307 e. The van der Waals surface area contributed by atoms with E-state index < -0.39 is 12.4 Å². The maximum absolute atomic E-state index is 12.6. The number of Topliss-reactive ketones (excluding diaryl/α,β-unsaturated/α-hetero) is 1. The molecule has 0 fully saturated rings. The van der Waals surface area contributed by atoms with E-state index in [0.29, 0.717) is 5.56 Å². The van der Waals surface area contributed by atoms with Gasteiger partial charge in [0.1, 0.15) is 5.78 Å². The molecule has 92 valence electrons. The summed E-state index contributed by atoms with van der Waals surface area (Å²) in [5, 5.41) is 8.60. The van der Waals surface area contributed by atoms with E-state index in [2.05, 4.69) is 0 Å². The van der Waals surface area contributed by atoms with E-state index in [-0.39, 0.29) is 29.8 Å². The minimum Gasteiger partial charge on any atom is -0.481 e. The van der Waals surface area contributed by atoms with Gasteiger partial charge in [0.15, 0.2) is 0 Å². The molecule has 5 heteroatoms. The molecule has 0 aliphatic heterocycles. The van der Waals surface area contributed by atoms with E-state index in [1.165, 1.54) is 25.1 Å². The van der Waals surface area contributed by atoms with Crippen molar-refractivity contribution in [2.45, 2.75) is 26.2 Å². The molecule has 0 radical (unpaired) electrons. The molecule has 0 bridgehead atoms. The van der Waals surface area contributed by atoms with Gasteiger partial charge < -0.3 is 5.11 Å². The SMILES string of the molecule is CC(=O)Cc1cc(CC(=O)O)ccc1C(F)F. The molecule has 17 heavy (non-hydrogen) atoms. The summed E-state index contributed by atoms with van der Waals surface area (Å²) in [4.78, 5) is 21.5. The Balaban J connectivity index is 3.09. The maximum atomic E-state index is 12.6.